The van der Waals surface area contributed by atoms with E-state index in [0.717, 1.165) is 76.8 Å². The van der Waals surface area contributed by atoms with Gasteiger partial charge in [-0.3, -0.25) is 29.2 Å². The fraction of sp³-hybridized carbons (Fsp3) is 0.542. The van der Waals surface area contributed by atoms with Gasteiger partial charge in [-0.25, -0.2) is 10.4 Å². The summed E-state index contributed by atoms with van der Waals surface area (Å²) < 4.78 is 25.2. The summed E-state index contributed by atoms with van der Waals surface area (Å²) in [7, 11) is 1.69. The van der Waals surface area contributed by atoms with Gasteiger partial charge in [0, 0.05) is 86.4 Å². The van der Waals surface area contributed by atoms with Crippen LogP contribution >= 0.6 is 11.3 Å². The van der Waals surface area contributed by atoms with Gasteiger partial charge in [-0.05, 0) is 93.7 Å². The molecule has 3 aliphatic rings. The van der Waals surface area contributed by atoms with Crippen molar-refractivity contribution in [1.82, 2.24) is 40.1 Å². The molecule has 0 spiro atoms. The summed E-state index contributed by atoms with van der Waals surface area (Å²) in [4.78, 5) is 68.4. The van der Waals surface area contributed by atoms with Gasteiger partial charge in [0.1, 0.15) is 18.7 Å². The van der Waals surface area contributed by atoms with E-state index in [1.165, 1.54) is 17.4 Å². The van der Waals surface area contributed by atoms with Crippen molar-refractivity contribution in [3.8, 4) is 22.5 Å². The molecule has 65 heavy (non-hydrogen) atoms. The van der Waals surface area contributed by atoms with Gasteiger partial charge in [0.25, 0.3) is 5.91 Å². The second-order valence-corrected chi connectivity index (χ2v) is 20.1. The van der Waals surface area contributed by atoms with Crippen LogP contribution in [-0.2, 0) is 46.4 Å². The lowest BCUT2D eigenvalue weighted by Crippen LogP contribution is -3.70. The maximum atomic E-state index is 14.4. The number of carbonyl (C=O) groups is 4. The predicted octanol–water partition coefficient (Wildman–Crippen LogP) is 2.38. The Morgan fingerprint density at radius 1 is 1.11 bits per heavy atom. The van der Waals surface area contributed by atoms with Crippen LogP contribution in [0.1, 0.15) is 95.0 Å². The van der Waals surface area contributed by atoms with Crippen LogP contribution in [0.5, 0.6) is 0 Å². The highest BCUT2D eigenvalue weighted by atomic mass is 127. The number of hydrogen-bond donors (Lipinski definition) is 2. The first kappa shape index (κ1) is 48.7. The first-order valence-corrected chi connectivity index (χ1v) is 25.6. The van der Waals surface area contributed by atoms with Crippen LogP contribution in [0.3, 0.4) is 0 Å². The van der Waals surface area contributed by atoms with Crippen LogP contribution in [0.2, 0.25) is 0 Å². The minimum Gasteiger partial charge on any atom is -0.567 e. The Hall–Kier alpha value is -4.27. The molecule has 3 fully saturated rings. The van der Waals surface area contributed by atoms with Crippen molar-refractivity contribution in [2.24, 2.45) is 11.3 Å². The Balaban J connectivity index is 1.20. The maximum absolute atomic E-state index is 14.4. The topological polar surface area (TPSA) is 174 Å². The second kappa shape index (κ2) is 22.0. The Labute approximate surface area is 397 Å². The molecule has 7 rings (SSSR count). The maximum Gasteiger partial charge on any atom is 0.452 e. The van der Waals surface area contributed by atoms with E-state index in [1.54, 1.807) is 28.1 Å². The van der Waals surface area contributed by atoms with E-state index in [9.17, 15) is 22.6 Å². The zero-order valence-electron chi connectivity index (χ0n) is 38.3. The number of carbonyl (C=O) groups excluding carboxylic acids is 4. The molecule has 350 valence electrons. The highest BCUT2D eigenvalue weighted by Crippen LogP contribution is 2.42. The van der Waals surface area contributed by atoms with Crippen molar-refractivity contribution in [1.29, 1.82) is 0 Å². The van der Waals surface area contributed by atoms with Gasteiger partial charge in [0.2, 0.25) is 17.7 Å². The quantitative estimate of drug-likeness (QED) is 0.118. The summed E-state index contributed by atoms with van der Waals surface area (Å²) in [5.41, 5.74) is 9.62. The number of nitrogens with one attached hydrogen (secondary N) is 2. The largest absolute Gasteiger partial charge is 0.567 e. The van der Waals surface area contributed by atoms with E-state index in [1.807, 2.05) is 18.4 Å². The molecular formula is C48H63IN8O7S. The van der Waals surface area contributed by atoms with Crippen molar-refractivity contribution in [3.05, 3.63) is 70.8 Å². The van der Waals surface area contributed by atoms with Gasteiger partial charge in [-0.1, -0.05) is 39.3 Å². The number of amides is 4. The van der Waals surface area contributed by atoms with Crippen molar-refractivity contribution in [2.75, 3.05) is 46.4 Å². The molecule has 1 aromatic carbocycles. The monoisotopic (exact) mass is 1020 g/mol. The lowest BCUT2D eigenvalue weighted by atomic mass is 9.84. The third-order valence-electron chi connectivity index (χ3n) is 13.0. The lowest BCUT2D eigenvalue weighted by Gasteiger charge is -2.34. The zero-order chi connectivity index (χ0) is 46.3. The second-order valence-electron chi connectivity index (χ2n) is 18.1. The van der Waals surface area contributed by atoms with Gasteiger partial charge < -0.3 is 27.9 Å². The minimum absolute atomic E-state index is 0.121. The molecule has 3 aliphatic heterocycles. The number of hydrazine groups is 1. The summed E-state index contributed by atoms with van der Waals surface area (Å²) in [6.07, 6.45) is 8.92. The molecule has 17 heteroatoms. The molecule has 3 saturated heterocycles. The van der Waals surface area contributed by atoms with Crippen LogP contribution in [0.4, 0.5) is 0 Å². The standard InChI is InChI=1S/C48H63IN8O7S/c1-7-42(58)54-24-19-33(28-54)46(60)56-22-12-9-10-16-40(56)45(59)53-37(47(61)57-23-13-11-21-51-57)26-41-52-38(29-65-41)32-17-18-39-35(25-32)36(27-48(4,5)30-64-49-62)44(55(39)8-2)34-15-14-20-50-43(34)31(3)63-6/h7,14-15,17-18,20,25,29,31,33,37,40,51H,1,8-13,16,19,21-24,26-28,30H2,2-6H3,(H,53,59)/t31-,33-,37-,40-/m0/s1. The molecule has 0 unspecified atom stereocenters. The number of halogens is 1. The Kier molecular flexibility index (Phi) is 16.5. The van der Waals surface area contributed by atoms with E-state index < -0.39 is 40.0 Å². The van der Waals surface area contributed by atoms with Crippen LogP contribution in [0.25, 0.3) is 33.4 Å². The number of nitrogens with zero attached hydrogens (tertiary/aromatic N) is 6. The number of fused-ring (bicyclic) bond motifs is 1. The minimum atomic E-state index is -1.58. The molecule has 6 heterocycles. The van der Waals surface area contributed by atoms with E-state index >= 15 is 0 Å². The molecule has 0 aliphatic carbocycles. The first-order chi connectivity index (χ1) is 31.4. The SMILES string of the molecule is C=CC(=O)N1CC[C@H](C(=O)N2CCCCC[C@H]2C(=O)N[C@@H](Cc2nc(-c3ccc4c(c3)c(CC(C)(C)CO[I+][O-])c(-c3cccnc3[C@H](C)OC)n4CC)cs2)C(=O)N2CCCCN2)C1. The summed E-state index contributed by atoms with van der Waals surface area (Å²) >= 11 is -0.128. The Morgan fingerprint density at radius 2 is 1.92 bits per heavy atom. The van der Waals surface area contributed by atoms with Gasteiger partial charge in [-0.2, -0.15) is 0 Å². The van der Waals surface area contributed by atoms with Crippen LogP contribution in [0.15, 0.2) is 54.6 Å². The normalized spacial score (nSPS) is 19.3. The van der Waals surface area contributed by atoms with Gasteiger partial charge in [0.05, 0.1) is 34.1 Å². The molecule has 2 N–H and O–H groups in total. The number of thiazole rings is 1. The summed E-state index contributed by atoms with van der Waals surface area (Å²) in [5.74, 6) is -1.30. The number of benzene rings is 1. The summed E-state index contributed by atoms with van der Waals surface area (Å²) in [6.45, 7) is 15.5. The number of aromatic nitrogens is 3. The predicted molar refractivity (Wildman–Crippen MR) is 244 cm³/mol. The molecule has 0 bridgehead atoms. The molecule has 15 nitrogen and oxygen atoms in total. The first-order valence-electron chi connectivity index (χ1n) is 22.9. The third kappa shape index (κ3) is 11.1. The Bertz CT molecular complexity index is 2340. The number of aryl methyl sites for hydroxylation is 1. The molecule has 4 aromatic rings. The van der Waals surface area contributed by atoms with Crippen molar-refractivity contribution >= 4 is 45.9 Å². The highest BCUT2D eigenvalue weighted by molar-refractivity contribution is 7.10. The van der Waals surface area contributed by atoms with E-state index in [-0.39, 0.29) is 41.6 Å². The highest BCUT2D eigenvalue weighted by Gasteiger charge is 2.40. The fourth-order valence-corrected chi connectivity index (χ4v) is 11.4. The van der Waals surface area contributed by atoms with Crippen LogP contribution < -0.4 is 36.2 Å². The van der Waals surface area contributed by atoms with Crippen molar-refractivity contribution < 1.29 is 52.5 Å². The molecule has 0 saturated carbocycles. The average molecular weight is 1020 g/mol. The third-order valence-corrected chi connectivity index (χ3v) is 14.5. The lowest BCUT2D eigenvalue weighted by molar-refractivity contribution is -1.27. The van der Waals surface area contributed by atoms with E-state index in [0.29, 0.717) is 70.1 Å². The fourth-order valence-electron chi connectivity index (χ4n) is 9.57. The summed E-state index contributed by atoms with van der Waals surface area (Å²) in [5, 5.41) is 8.49. The van der Waals surface area contributed by atoms with Crippen molar-refractivity contribution in [3.63, 3.8) is 0 Å². The van der Waals surface area contributed by atoms with Gasteiger partial charge >= 0.3 is 22.0 Å². The summed E-state index contributed by atoms with van der Waals surface area (Å²) in [6, 6.07) is 8.80. The number of rotatable bonds is 17. The zero-order valence-corrected chi connectivity index (χ0v) is 41.3. The smallest absolute Gasteiger partial charge is 0.452 e. The number of likely N-dealkylation sites (tertiary alicyclic amines) is 2. The van der Waals surface area contributed by atoms with Gasteiger partial charge in [-0.15, -0.1) is 14.4 Å². The molecule has 0 radical (unpaired) electrons. The van der Waals surface area contributed by atoms with Gasteiger partial charge in [0.15, 0.2) is 0 Å². The number of ether oxygens (including phenoxy) is 1. The number of methoxy groups -OCH3 is 1. The van der Waals surface area contributed by atoms with Crippen LogP contribution in [-0.4, -0.2) is 111 Å². The number of hydrogen-bond acceptors (Lipinski definition) is 11. The van der Waals surface area contributed by atoms with Crippen LogP contribution in [0, 0.1) is 11.3 Å². The molecule has 4 amide bonds. The number of pyridine rings is 1. The van der Waals surface area contributed by atoms with Crippen molar-refractivity contribution in [2.45, 2.75) is 110 Å². The molecule has 3 aromatic heterocycles. The molecule has 4 atom stereocenters. The van der Waals surface area contributed by atoms with E-state index in [2.05, 4.69) is 66.9 Å². The van der Waals surface area contributed by atoms with E-state index in [4.69, 9.17) is 17.8 Å². The molecular weight excluding hydrogens is 960 g/mol. The Morgan fingerprint density at radius 3 is 2.66 bits per heavy atom. The average Bonchev–Trinajstić information content (AvgIpc) is 4.03.